The molecule has 2 unspecified atom stereocenters. The van der Waals surface area contributed by atoms with E-state index in [0.29, 0.717) is 0 Å². The van der Waals surface area contributed by atoms with E-state index in [9.17, 15) is 19.8 Å². The number of carbonyl (C=O) groups is 2. The Balaban J connectivity index is 0.00000132. The fraction of sp³-hybridized carbons (Fsp3) is 0.176. The molecule has 0 aliphatic heterocycles. The molecule has 6 heteroatoms. The van der Waals surface area contributed by atoms with Gasteiger partial charge in [0.05, 0.1) is 11.8 Å². The largest absolute Gasteiger partial charge is 1.00 e. The molecule has 0 aromatic heterocycles. The molecular formula is C17H14Na2O4+2. The summed E-state index contributed by atoms with van der Waals surface area (Å²) < 4.78 is 0. The van der Waals surface area contributed by atoms with Gasteiger partial charge >= 0.3 is 71.1 Å². The molecule has 2 N–H and O–H groups in total. The molecule has 0 heterocycles. The third-order valence-electron chi connectivity index (χ3n) is 4.24. The Morgan fingerprint density at radius 3 is 1.26 bits per heavy atom. The van der Waals surface area contributed by atoms with E-state index in [2.05, 4.69) is 0 Å². The molecular weight excluding hydrogens is 314 g/mol. The van der Waals surface area contributed by atoms with Crippen LogP contribution in [0.3, 0.4) is 0 Å². The third kappa shape index (κ3) is 3.29. The Hall–Kier alpha value is -0.620. The first-order chi connectivity index (χ1) is 10.1. The van der Waals surface area contributed by atoms with Gasteiger partial charge in [-0.1, -0.05) is 60.7 Å². The molecule has 3 rings (SSSR count). The number of hydrogen-bond donors (Lipinski definition) is 2. The zero-order valence-corrected chi connectivity index (χ0v) is 17.1. The van der Waals surface area contributed by atoms with Crippen LogP contribution >= 0.6 is 0 Å². The predicted molar refractivity (Wildman–Crippen MR) is 75.9 cm³/mol. The second-order valence-corrected chi connectivity index (χ2v) is 5.23. The summed E-state index contributed by atoms with van der Waals surface area (Å²) in [6.45, 7) is 0. The van der Waals surface area contributed by atoms with E-state index in [4.69, 9.17) is 0 Å². The van der Waals surface area contributed by atoms with Crippen LogP contribution in [0.1, 0.15) is 11.1 Å². The summed E-state index contributed by atoms with van der Waals surface area (Å²) in [4.78, 5) is 23.2. The standard InChI is InChI=1S/C17H14O4.2Na/c18-15(19)13-14(16(20)21)17(13,11-7-3-1-4-8-11)12-9-5-2-6-10-12;;/h1-10,13-14H,(H,18,19)(H,20,21);;/q;2*+1. The van der Waals surface area contributed by atoms with Crippen molar-refractivity contribution < 1.29 is 78.9 Å². The Kier molecular flexibility index (Phi) is 7.08. The van der Waals surface area contributed by atoms with Crippen LogP contribution in [0.25, 0.3) is 0 Å². The van der Waals surface area contributed by atoms with Gasteiger partial charge in [0.25, 0.3) is 0 Å². The van der Waals surface area contributed by atoms with E-state index in [-0.39, 0.29) is 59.1 Å². The predicted octanol–water partition coefficient (Wildman–Crippen LogP) is -3.60. The SMILES string of the molecule is O=C(O)C1C(C(=O)O)C1(c1ccccc1)c1ccccc1.[Na+].[Na+]. The maximum atomic E-state index is 11.6. The molecule has 1 aliphatic carbocycles. The molecule has 2 aromatic carbocycles. The smallest absolute Gasteiger partial charge is 0.481 e. The van der Waals surface area contributed by atoms with Gasteiger partial charge in [-0.25, -0.2) is 0 Å². The zero-order valence-electron chi connectivity index (χ0n) is 13.1. The van der Waals surface area contributed by atoms with Crippen molar-refractivity contribution >= 4 is 11.9 Å². The van der Waals surface area contributed by atoms with Crippen LogP contribution < -0.4 is 59.1 Å². The quantitative estimate of drug-likeness (QED) is 0.569. The normalized spacial score (nSPS) is 20.5. The summed E-state index contributed by atoms with van der Waals surface area (Å²) in [5, 5.41) is 18.9. The van der Waals surface area contributed by atoms with Gasteiger partial charge in [-0.15, -0.1) is 0 Å². The summed E-state index contributed by atoms with van der Waals surface area (Å²) in [5.74, 6) is -4.04. The van der Waals surface area contributed by atoms with Crippen LogP contribution in [0, 0.1) is 11.8 Å². The van der Waals surface area contributed by atoms with Gasteiger partial charge in [-0.3, -0.25) is 9.59 Å². The van der Waals surface area contributed by atoms with Crippen LogP contribution in [-0.2, 0) is 15.0 Å². The van der Waals surface area contributed by atoms with Gasteiger partial charge in [0.1, 0.15) is 0 Å². The van der Waals surface area contributed by atoms with Gasteiger partial charge in [-0.05, 0) is 11.1 Å². The van der Waals surface area contributed by atoms with Crippen LogP contribution in [0.15, 0.2) is 60.7 Å². The molecule has 23 heavy (non-hydrogen) atoms. The van der Waals surface area contributed by atoms with E-state index in [0.717, 1.165) is 11.1 Å². The van der Waals surface area contributed by atoms with Gasteiger partial charge in [0.15, 0.2) is 0 Å². The van der Waals surface area contributed by atoms with Crippen molar-refractivity contribution in [3.63, 3.8) is 0 Å². The number of hydrogen-bond acceptors (Lipinski definition) is 2. The monoisotopic (exact) mass is 328 g/mol. The molecule has 4 nitrogen and oxygen atoms in total. The van der Waals surface area contributed by atoms with E-state index in [1.54, 1.807) is 48.5 Å². The first-order valence-electron chi connectivity index (χ1n) is 6.66. The first kappa shape index (κ1) is 20.4. The van der Waals surface area contributed by atoms with Crippen LogP contribution in [0.5, 0.6) is 0 Å². The molecule has 106 valence electrons. The Labute approximate surface area is 178 Å². The minimum absolute atomic E-state index is 0. The number of carboxylic acids is 2. The molecule has 0 saturated heterocycles. The maximum Gasteiger partial charge on any atom is 1.00 e. The number of benzene rings is 2. The summed E-state index contributed by atoms with van der Waals surface area (Å²) >= 11 is 0. The van der Waals surface area contributed by atoms with Gasteiger partial charge < -0.3 is 10.2 Å². The van der Waals surface area contributed by atoms with E-state index in [1.165, 1.54) is 0 Å². The van der Waals surface area contributed by atoms with Crippen molar-refractivity contribution in [3.05, 3.63) is 71.8 Å². The fourth-order valence-corrected chi connectivity index (χ4v) is 3.38. The number of rotatable bonds is 4. The molecule has 1 fully saturated rings. The molecule has 2 atom stereocenters. The summed E-state index contributed by atoms with van der Waals surface area (Å²) in [7, 11) is 0. The molecule has 2 aromatic rings. The van der Waals surface area contributed by atoms with E-state index < -0.39 is 29.2 Å². The second kappa shape index (κ2) is 7.97. The van der Waals surface area contributed by atoms with Crippen LogP contribution in [-0.4, -0.2) is 22.2 Å². The van der Waals surface area contributed by atoms with Crippen molar-refractivity contribution in [2.45, 2.75) is 5.41 Å². The van der Waals surface area contributed by atoms with Crippen molar-refractivity contribution in [1.82, 2.24) is 0 Å². The molecule has 0 radical (unpaired) electrons. The topological polar surface area (TPSA) is 74.6 Å². The van der Waals surface area contributed by atoms with E-state index >= 15 is 0 Å². The maximum absolute atomic E-state index is 11.6. The van der Waals surface area contributed by atoms with Crippen LogP contribution in [0.2, 0.25) is 0 Å². The first-order valence-corrected chi connectivity index (χ1v) is 6.66. The molecule has 0 amide bonds. The number of carboxylic acid groups (broad SMARTS) is 2. The van der Waals surface area contributed by atoms with Crippen molar-refractivity contribution in [3.8, 4) is 0 Å². The summed E-state index contributed by atoms with van der Waals surface area (Å²) in [5.41, 5.74) is 0.479. The number of aliphatic carboxylic acids is 2. The van der Waals surface area contributed by atoms with Crippen LogP contribution in [0.4, 0.5) is 0 Å². The molecule has 1 saturated carbocycles. The Morgan fingerprint density at radius 1 is 0.696 bits per heavy atom. The minimum Gasteiger partial charge on any atom is -0.481 e. The molecule has 1 aliphatic rings. The average molecular weight is 328 g/mol. The van der Waals surface area contributed by atoms with Gasteiger partial charge in [-0.2, -0.15) is 0 Å². The third-order valence-corrected chi connectivity index (χ3v) is 4.24. The average Bonchev–Trinajstić information content (AvgIpc) is 3.21. The summed E-state index contributed by atoms with van der Waals surface area (Å²) in [6.07, 6.45) is 0. The fourth-order valence-electron chi connectivity index (χ4n) is 3.38. The molecule has 0 spiro atoms. The van der Waals surface area contributed by atoms with Gasteiger partial charge in [0.2, 0.25) is 0 Å². The Bertz CT molecular complexity index is 627. The zero-order chi connectivity index (χ0) is 15.0. The van der Waals surface area contributed by atoms with Crippen molar-refractivity contribution in [2.75, 3.05) is 0 Å². The van der Waals surface area contributed by atoms with Crippen molar-refractivity contribution in [1.29, 1.82) is 0 Å². The van der Waals surface area contributed by atoms with Gasteiger partial charge in [0, 0.05) is 5.41 Å². The Morgan fingerprint density at radius 2 is 1.00 bits per heavy atom. The summed E-state index contributed by atoms with van der Waals surface area (Å²) in [6, 6.07) is 18.1. The minimum atomic E-state index is -1.07. The second-order valence-electron chi connectivity index (χ2n) is 5.23. The van der Waals surface area contributed by atoms with E-state index in [1.807, 2.05) is 12.1 Å². The molecule has 0 bridgehead atoms. The van der Waals surface area contributed by atoms with Crippen molar-refractivity contribution in [2.24, 2.45) is 11.8 Å².